The second-order valence-corrected chi connectivity index (χ2v) is 3.93. The van der Waals surface area contributed by atoms with Crippen LogP contribution in [-0.4, -0.2) is 23.9 Å². The van der Waals surface area contributed by atoms with Crippen LogP contribution in [0.15, 0.2) is 18.2 Å². The molecule has 0 saturated carbocycles. The van der Waals surface area contributed by atoms with Gasteiger partial charge in [0.15, 0.2) is 0 Å². The van der Waals surface area contributed by atoms with Gasteiger partial charge in [-0.05, 0) is 37.6 Å². The minimum absolute atomic E-state index is 0.0981. The molecule has 1 aromatic carbocycles. The minimum atomic E-state index is -0.158. The first-order valence-electron chi connectivity index (χ1n) is 5.02. The second-order valence-electron chi connectivity index (χ2n) is 3.49. The predicted molar refractivity (Wildman–Crippen MR) is 63.4 cm³/mol. The van der Waals surface area contributed by atoms with Crippen LogP contribution in [-0.2, 0) is 0 Å². The van der Waals surface area contributed by atoms with Crippen molar-refractivity contribution in [2.45, 2.75) is 13.8 Å². The summed E-state index contributed by atoms with van der Waals surface area (Å²) in [5, 5.41) is 9.14. The molecule has 3 nitrogen and oxygen atoms in total. The van der Waals surface area contributed by atoms with E-state index in [1.165, 1.54) is 4.90 Å². The van der Waals surface area contributed by atoms with Gasteiger partial charge in [0.25, 0.3) is 5.91 Å². The number of aryl methyl sites for hydroxylation is 1. The molecular formula is C12H13ClN2O. The molecule has 1 aromatic rings. The summed E-state index contributed by atoms with van der Waals surface area (Å²) >= 11 is 5.88. The summed E-state index contributed by atoms with van der Waals surface area (Å²) in [4.78, 5) is 13.5. The maximum absolute atomic E-state index is 12.0. The number of carbonyl (C=O) groups excluding carboxylic acids is 1. The van der Waals surface area contributed by atoms with E-state index in [0.29, 0.717) is 17.1 Å². The maximum Gasteiger partial charge on any atom is 0.254 e. The van der Waals surface area contributed by atoms with Crippen LogP contribution in [0.3, 0.4) is 0 Å². The van der Waals surface area contributed by atoms with Crippen molar-refractivity contribution in [1.82, 2.24) is 4.90 Å². The van der Waals surface area contributed by atoms with Crippen LogP contribution in [0, 0.1) is 18.3 Å². The van der Waals surface area contributed by atoms with Crippen LogP contribution in [0.2, 0.25) is 5.02 Å². The van der Waals surface area contributed by atoms with Gasteiger partial charge in [-0.1, -0.05) is 11.6 Å². The lowest BCUT2D eigenvalue weighted by atomic mass is 10.1. The van der Waals surface area contributed by atoms with Gasteiger partial charge in [0.1, 0.15) is 6.54 Å². The number of carbonyl (C=O) groups is 1. The highest BCUT2D eigenvalue weighted by Gasteiger charge is 2.14. The van der Waals surface area contributed by atoms with E-state index in [1.54, 1.807) is 18.2 Å². The van der Waals surface area contributed by atoms with Gasteiger partial charge >= 0.3 is 0 Å². The molecule has 0 aliphatic heterocycles. The Labute approximate surface area is 100 Å². The van der Waals surface area contributed by atoms with Crippen molar-refractivity contribution < 1.29 is 4.79 Å². The first-order chi connectivity index (χ1) is 7.58. The van der Waals surface area contributed by atoms with Gasteiger partial charge in [-0.15, -0.1) is 0 Å². The number of nitrogens with zero attached hydrogens (tertiary/aromatic N) is 2. The van der Waals surface area contributed by atoms with Crippen LogP contribution in [0.4, 0.5) is 0 Å². The number of benzene rings is 1. The quantitative estimate of drug-likeness (QED) is 0.758. The highest BCUT2D eigenvalue weighted by atomic mass is 35.5. The molecule has 1 rings (SSSR count). The number of halogens is 1. The Morgan fingerprint density at radius 1 is 1.50 bits per heavy atom. The second kappa shape index (κ2) is 5.53. The molecule has 0 spiro atoms. The predicted octanol–water partition coefficient (Wildman–Crippen LogP) is 2.63. The fraction of sp³-hybridized carbons (Fsp3) is 0.333. The Morgan fingerprint density at radius 3 is 2.69 bits per heavy atom. The van der Waals surface area contributed by atoms with Crippen LogP contribution in [0.5, 0.6) is 0 Å². The van der Waals surface area contributed by atoms with Gasteiger partial charge in [-0.25, -0.2) is 0 Å². The highest BCUT2D eigenvalue weighted by Crippen LogP contribution is 2.16. The van der Waals surface area contributed by atoms with Gasteiger partial charge in [0.05, 0.1) is 6.07 Å². The summed E-state index contributed by atoms with van der Waals surface area (Å²) in [6.45, 7) is 4.33. The summed E-state index contributed by atoms with van der Waals surface area (Å²) in [6, 6.07) is 7.16. The number of rotatable bonds is 3. The molecule has 4 heteroatoms. The van der Waals surface area contributed by atoms with Gasteiger partial charge in [-0.3, -0.25) is 4.79 Å². The molecule has 0 radical (unpaired) electrons. The van der Waals surface area contributed by atoms with E-state index >= 15 is 0 Å². The molecule has 16 heavy (non-hydrogen) atoms. The van der Waals surface area contributed by atoms with Crippen molar-refractivity contribution in [2.24, 2.45) is 0 Å². The summed E-state index contributed by atoms with van der Waals surface area (Å²) < 4.78 is 0. The van der Waals surface area contributed by atoms with Gasteiger partial charge < -0.3 is 4.90 Å². The lowest BCUT2D eigenvalue weighted by Gasteiger charge is -2.17. The average Bonchev–Trinajstić information content (AvgIpc) is 2.23. The summed E-state index contributed by atoms with van der Waals surface area (Å²) in [6.07, 6.45) is 0. The SMILES string of the molecule is CCN(CC#N)C(=O)c1cc(C)cc(Cl)c1. The Morgan fingerprint density at radius 2 is 2.19 bits per heavy atom. The van der Waals surface area contributed by atoms with Gasteiger partial charge in [-0.2, -0.15) is 5.26 Å². The number of hydrogen-bond donors (Lipinski definition) is 0. The zero-order valence-corrected chi connectivity index (χ0v) is 10.1. The van der Waals surface area contributed by atoms with Crippen molar-refractivity contribution in [2.75, 3.05) is 13.1 Å². The fourth-order valence-corrected chi connectivity index (χ4v) is 1.74. The first kappa shape index (κ1) is 12.5. The van der Waals surface area contributed by atoms with E-state index in [1.807, 2.05) is 19.9 Å². The molecule has 0 fully saturated rings. The molecule has 0 aliphatic carbocycles. The Balaban J connectivity index is 2.99. The van der Waals surface area contributed by atoms with E-state index < -0.39 is 0 Å². The first-order valence-corrected chi connectivity index (χ1v) is 5.39. The molecule has 0 heterocycles. The fourth-order valence-electron chi connectivity index (χ4n) is 1.45. The normalized spacial score (nSPS) is 9.62. The third-order valence-electron chi connectivity index (χ3n) is 2.22. The molecule has 0 aliphatic rings. The van der Waals surface area contributed by atoms with E-state index in [9.17, 15) is 4.79 Å². The van der Waals surface area contributed by atoms with E-state index in [4.69, 9.17) is 16.9 Å². The summed E-state index contributed by atoms with van der Waals surface area (Å²) in [5.41, 5.74) is 1.46. The van der Waals surface area contributed by atoms with E-state index in [2.05, 4.69) is 0 Å². The van der Waals surface area contributed by atoms with Crippen molar-refractivity contribution in [3.05, 3.63) is 34.3 Å². The van der Waals surface area contributed by atoms with Crippen molar-refractivity contribution >= 4 is 17.5 Å². The van der Waals surface area contributed by atoms with Crippen LogP contribution < -0.4 is 0 Å². The molecule has 0 saturated heterocycles. The van der Waals surface area contributed by atoms with Crippen LogP contribution in [0.1, 0.15) is 22.8 Å². The zero-order chi connectivity index (χ0) is 12.1. The Bertz CT molecular complexity index is 417. The molecule has 0 unspecified atom stereocenters. The molecule has 1 amide bonds. The molecule has 0 aromatic heterocycles. The standard InChI is InChI=1S/C12H13ClN2O/c1-3-15(5-4-14)12(16)10-6-9(2)7-11(13)8-10/h6-8H,3,5H2,1-2H3. The van der Waals surface area contributed by atoms with Crippen LogP contribution >= 0.6 is 11.6 Å². The minimum Gasteiger partial charge on any atom is -0.326 e. The molecule has 0 bridgehead atoms. The Kier molecular flexibility index (Phi) is 4.33. The van der Waals surface area contributed by atoms with E-state index in [0.717, 1.165) is 5.56 Å². The molecule has 84 valence electrons. The molecule has 0 N–H and O–H groups in total. The lowest BCUT2D eigenvalue weighted by Crippen LogP contribution is -2.31. The van der Waals surface area contributed by atoms with Crippen molar-refractivity contribution in [3.8, 4) is 6.07 Å². The van der Waals surface area contributed by atoms with Gasteiger partial charge in [0, 0.05) is 17.1 Å². The largest absolute Gasteiger partial charge is 0.326 e. The maximum atomic E-state index is 12.0. The molecular weight excluding hydrogens is 224 g/mol. The van der Waals surface area contributed by atoms with Gasteiger partial charge in [0.2, 0.25) is 0 Å². The Hall–Kier alpha value is -1.53. The van der Waals surface area contributed by atoms with E-state index in [-0.39, 0.29) is 12.5 Å². The smallest absolute Gasteiger partial charge is 0.254 e. The van der Waals surface area contributed by atoms with Crippen molar-refractivity contribution in [3.63, 3.8) is 0 Å². The highest BCUT2D eigenvalue weighted by molar-refractivity contribution is 6.31. The lowest BCUT2D eigenvalue weighted by molar-refractivity contribution is 0.0784. The molecule has 0 atom stereocenters. The third-order valence-corrected chi connectivity index (χ3v) is 2.44. The third kappa shape index (κ3) is 2.98. The topological polar surface area (TPSA) is 44.1 Å². The van der Waals surface area contributed by atoms with Crippen molar-refractivity contribution in [1.29, 1.82) is 5.26 Å². The number of nitriles is 1. The number of amides is 1. The summed E-state index contributed by atoms with van der Waals surface area (Å²) in [5.74, 6) is -0.158. The summed E-state index contributed by atoms with van der Waals surface area (Å²) in [7, 11) is 0. The zero-order valence-electron chi connectivity index (χ0n) is 9.33. The van der Waals surface area contributed by atoms with Crippen LogP contribution in [0.25, 0.3) is 0 Å². The monoisotopic (exact) mass is 236 g/mol. The average molecular weight is 237 g/mol. The number of hydrogen-bond acceptors (Lipinski definition) is 2.